The van der Waals surface area contributed by atoms with Crippen LogP contribution in [0.2, 0.25) is 0 Å². The Morgan fingerprint density at radius 2 is 1.80 bits per heavy atom. The summed E-state index contributed by atoms with van der Waals surface area (Å²) in [4.78, 5) is 12.2. The average Bonchev–Trinajstić information content (AvgIpc) is 2.78. The number of hydrogen-bond acceptors (Lipinski definition) is 4. The number of rotatable bonds is 6. The molecule has 0 saturated carbocycles. The molecule has 30 heavy (non-hydrogen) atoms. The highest BCUT2D eigenvalue weighted by molar-refractivity contribution is 7.78. The maximum absolute atomic E-state index is 12.2. The van der Waals surface area contributed by atoms with Crippen LogP contribution < -0.4 is 9.47 Å². The molecule has 1 aliphatic rings. The molecule has 5 nitrogen and oxygen atoms in total. The lowest BCUT2D eigenvalue weighted by Crippen LogP contribution is -2.15. The number of aldehydes is 1. The number of hydrogen-bond donors (Lipinski definition) is 1. The number of ether oxygens (including phenoxy) is 2. The Labute approximate surface area is 177 Å². The minimum atomic E-state index is -1.91. The van der Waals surface area contributed by atoms with Gasteiger partial charge in [-0.2, -0.15) is 0 Å². The zero-order valence-corrected chi connectivity index (χ0v) is 17.1. The van der Waals surface area contributed by atoms with Gasteiger partial charge in [-0.1, -0.05) is 54.6 Å². The van der Waals surface area contributed by atoms with Gasteiger partial charge in [0.1, 0.15) is 23.5 Å². The molecule has 152 valence electrons. The largest absolute Gasteiger partial charge is 0.497 e. The highest BCUT2D eigenvalue weighted by atomic mass is 32.2. The number of para-hydroxylation sites is 1. The van der Waals surface area contributed by atoms with Crippen molar-refractivity contribution < 1.29 is 23.0 Å². The molecule has 3 aromatic carbocycles. The predicted octanol–water partition coefficient (Wildman–Crippen LogP) is 4.66. The highest BCUT2D eigenvalue weighted by Crippen LogP contribution is 2.46. The van der Waals surface area contributed by atoms with Gasteiger partial charge in [-0.05, 0) is 29.3 Å². The van der Waals surface area contributed by atoms with Crippen LogP contribution in [0.25, 0.3) is 11.3 Å². The second-order valence-electron chi connectivity index (χ2n) is 6.89. The van der Waals surface area contributed by atoms with Crippen LogP contribution in [0.4, 0.5) is 0 Å². The first-order valence-corrected chi connectivity index (χ1v) is 10.7. The molecule has 1 N–H and O–H groups in total. The lowest BCUT2D eigenvalue weighted by atomic mass is 9.83. The molecule has 6 heteroatoms. The van der Waals surface area contributed by atoms with Gasteiger partial charge in [-0.25, -0.2) is 4.21 Å². The standard InChI is InChI=1S/C24H20O5S/c1-28-19-6-4-5-18(13-19)23-21(14-25)20-7-2-3-8-22(20)29-24(23)17-11-9-16(10-12-17)15-30(26)27/h2-14,21H,15H2,1H3,(H,26,27). The van der Waals surface area contributed by atoms with Crippen molar-refractivity contribution in [3.63, 3.8) is 0 Å². The van der Waals surface area contributed by atoms with Crippen molar-refractivity contribution in [1.82, 2.24) is 0 Å². The predicted molar refractivity (Wildman–Crippen MR) is 117 cm³/mol. The number of fused-ring (bicyclic) bond motifs is 1. The molecule has 0 bridgehead atoms. The second kappa shape index (κ2) is 8.65. The second-order valence-corrected chi connectivity index (χ2v) is 7.82. The van der Waals surface area contributed by atoms with Gasteiger partial charge < -0.3 is 18.8 Å². The molecule has 0 radical (unpaired) electrons. The summed E-state index contributed by atoms with van der Waals surface area (Å²) in [5.41, 5.74) is 3.91. The summed E-state index contributed by atoms with van der Waals surface area (Å²) >= 11 is -1.91. The molecule has 0 aromatic heterocycles. The van der Waals surface area contributed by atoms with E-state index in [9.17, 15) is 9.00 Å². The van der Waals surface area contributed by atoms with Crippen molar-refractivity contribution in [3.8, 4) is 11.5 Å². The smallest absolute Gasteiger partial charge is 0.157 e. The molecule has 4 rings (SSSR count). The van der Waals surface area contributed by atoms with Crippen molar-refractivity contribution >= 4 is 28.7 Å². The fraction of sp³-hybridized carbons (Fsp3) is 0.125. The van der Waals surface area contributed by atoms with Crippen LogP contribution in [0.5, 0.6) is 11.5 Å². The lowest BCUT2D eigenvalue weighted by Gasteiger charge is -2.28. The first-order chi connectivity index (χ1) is 14.6. The molecule has 2 unspecified atom stereocenters. The SMILES string of the molecule is COc1cccc(C2=C(c3ccc(CS(=O)O)cc3)Oc3ccccc3C2C=O)c1. The van der Waals surface area contributed by atoms with E-state index in [2.05, 4.69) is 0 Å². The van der Waals surface area contributed by atoms with E-state index in [0.717, 1.165) is 34.1 Å². The molecule has 2 atom stereocenters. The molecule has 0 amide bonds. The first kappa shape index (κ1) is 20.1. The zero-order chi connectivity index (χ0) is 21.1. The number of carbonyl (C=O) groups is 1. The minimum Gasteiger partial charge on any atom is -0.497 e. The van der Waals surface area contributed by atoms with Gasteiger partial charge >= 0.3 is 0 Å². The molecular weight excluding hydrogens is 400 g/mol. The van der Waals surface area contributed by atoms with Crippen molar-refractivity contribution in [1.29, 1.82) is 0 Å². The van der Waals surface area contributed by atoms with Gasteiger partial charge in [0.2, 0.25) is 0 Å². The highest BCUT2D eigenvalue weighted by Gasteiger charge is 2.31. The summed E-state index contributed by atoms with van der Waals surface area (Å²) in [6, 6.07) is 22.3. The number of allylic oxidation sites excluding steroid dienone is 1. The van der Waals surface area contributed by atoms with E-state index in [1.54, 1.807) is 19.2 Å². The van der Waals surface area contributed by atoms with Gasteiger partial charge in [-0.15, -0.1) is 0 Å². The van der Waals surface area contributed by atoms with Crippen LogP contribution in [0, 0.1) is 0 Å². The van der Waals surface area contributed by atoms with E-state index in [1.807, 2.05) is 60.7 Å². The van der Waals surface area contributed by atoms with Crippen molar-refractivity contribution in [2.45, 2.75) is 11.7 Å². The molecule has 0 fully saturated rings. The Morgan fingerprint density at radius 3 is 2.50 bits per heavy atom. The van der Waals surface area contributed by atoms with Gasteiger partial charge in [0.15, 0.2) is 11.1 Å². The Bertz CT molecular complexity index is 1130. The first-order valence-electron chi connectivity index (χ1n) is 9.38. The van der Waals surface area contributed by atoms with Crippen LogP contribution in [-0.4, -0.2) is 22.2 Å². The average molecular weight is 420 g/mol. The van der Waals surface area contributed by atoms with E-state index in [1.165, 1.54) is 0 Å². The Hall–Kier alpha value is -3.22. The molecule has 0 spiro atoms. The molecule has 3 aromatic rings. The van der Waals surface area contributed by atoms with Gasteiger partial charge in [0, 0.05) is 16.7 Å². The van der Waals surface area contributed by atoms with E-state index in [0.29, 0.717) is 17.3 Å². The zero-order valence-electron chi connectivity index (χ0n) is 16.3. The molecule has 1 aliphatic heterocycles. The summed E-state index contributed by atoms with van der Waals surface area (Å²) in [6.45, 7) is 0. The summed E-state index contributed by atoms with van der Waals surface area (Å²) in [6.07, 6.45) is 0.930. The third kappa shape index (κ3) is 3.92. The monoisotopic (exact) mass is 420 g/mol. The Kier molecular flexibility index (Phi) is 5.79. The summed E-state index contributed by atoms with van der Waals surface area (Å²) < 4.78 is 31.9. The van der Waals surface area contributed by atoms with Gasteiger partial charge in [0.05, 0.1) is 18.8 Å². The van der Waals surface area contributed by atoms with E-state index in [4.69, 9.17) is 14.0 Å². The third-order valence-corrected chi connectivity index (χ3v) is 5.63. The quantitative estimate of drug-likeness (QED) is 0.464. The van der Waals surface area contributed by atoms with Crippen LogP contribution in [-0.2, 0) is 21.6 Å². The summed E-state index contributed by atoms with van der Waals surface area (Å²) in [7, 11) is 1.60. The summed E-state index contributed by atoms with van der Waals surface area (Å²) in [5.74, 6) is 1.46. The third-order valence-electron chi connectivity index (χ3n) is 5.04. The van der Waals surface area contributed by atoms with Crippen LogP contribution in [0.15, 0.2) is 72.8 Å². The molecule has 1 heterocycles. The van der Waals surface area contributed by atoms with Crippen LogP contribution >= 0.6 is 0 Å². The lowest BCUT2D eigenvalue weighted by molar-refractivity contribution is -0.108. The number of benzene rings is 3. The maximum atomic E-state index is 12.2. The fourth-order valence-corrected chi connectivity index (χ4v) is 4.12. The van der Waals surface area contributed by atoms with Crippen molar-refractivity contribution in [2.24, 2.45) is 0 Å². The summed E-state index contributed by atoms with van der Waals surface area (Å²) in [5, 5.41) is 0. The Morgan fingerprint density at radius 1 is 1.03 bits per heavy atom. The van der Waals surface area contributed by atoms with Crippen LogP contribution in [0.3, 0.4) is 0 Å². The normalized spacial score (nSPS) is 16.4. The maximum Gasteiger partial charge on any atom is 0.157 e. The fourth-order valence-electron chi connectivity index (χ4n) is 3.64. The number of methoxy groups -OCH3 is 1. The van der Waals surface area contributed by atoms with E-state index in [-0.39, 0.29) is 5.75 Å². The Balaban J connectivity index is 1.90. The van der Waals surface area contributed by atoms with E-state index < -0.39 is 17.0 Å². The van der Waals surface area contributed by atoms with Gasteiger partial charge in [-0.3, -0.25) is 0 Å². The van der Waals surface area contributed by atoms with Crippen molar-refractivity contribution in [3.05, 3.63) is 95.1 Å². The number of carbonyl (C=O) groups excluding carboxylic acids is 1. The van der Waals surface area contributed by atoms with Crippen LogP contribution in [0.1, 0.15) is 28.2 Å². The topological polar surface area (TPSA) is 72.8 Å². The molecule has 0 aliphatic carbocycles. The molecular formula is C24H20O5S. The molecule has 0 saturated heterocycles. The van der Waals surface area contributed by atoms with Crippen molar-refractivity contribution in [2.75, 3.05) is 7.11 Å². The minimum absolute atomic E-state index is 0.0583. The van der Waals surface area contributed by atoms with Gasteiger partial charge in [0.25, 0.3) is 0 Å². The van der Waals surface area contributed by atoms with E-state index >= 15 is 0 Å².